The van der Waals surface area contributed by atoms with Crippen LogP contribution in [-0.2, 0) is 10.0 Å². The molecular formula is C18H19BrClNO5S. The Balaban J connectivity index is 1.88. The van der Waals surface area contributed by atoms with E-state index >= 15 is 0 Å². The van der Waals surface area contributed by atoms with Gasteiger partial charge in [-0.25, -0.2) is 8.42 Å². The van der Waals surface area contributed by atoms with E-state index in [1.54, 1.807) is 19.1 Å². The summed E-state index contributed by atoms with van der Waals surface area (Å²) in [5.74, 6) is 1.47. The first-order valence-corrected chi connectivity index (χ1v) is 10.9. The van der Waals surface area contributed by atoms with E-state index in [4.69, 9.17) is 25.8 Å². The quantitative estimate of drug-likeness (QED) is 0.631. The topological polar surface area (TPSA) is 65.1 Å². The highest BCUT2D eigenvalue weighted by Gasteiger charge is 2.32. The van der Waals surface area contributed by atoms with Crippen LogP contribution in [0, 0.1) is 0 Å². The number of fused-ring (bicyclic) bond motifs is 1. The summed E-state index contributed by atoms with van der Waals surface area (Å²) < 4.78 is 45.1. The van der Waals surface area contributed by atoms with Crippen molar-refractivity contribution in [2.45, 2.75) is 17.9 Å². The standard InChI is InChI=1S/C18H19BrClNO5S/c1-3-21(10-13-11-25-15-6-4-5-7-16(15)26-13)27(22,23)17-9-12(20)8-14(19)18(17)24-2/h4-9,13H,3,10-11H2,1-2H3. The zero-order valence-electron chi connectivity index (χ0n) is 14.8. The van der Waals surface area contributed by atoms with Crippen molar-refractivity contribution in [3.8, 4) is 17.2 Å². The number of sulfonamides is 1. The first-order valence-electron chi connectivity index (χ1n) is 8.28. The molecule has 6 nitrogen and oxygen atoms in total. The van der Waals surface area contributed by atoms with Gasteiger partial charge < -0.3 is 14.2 Å². The molecule has 3 rings (SSSR count). The number of para-hydroxylation sites is 2. The first kappa shape index (κ1) is 20.3. The molecule has 1 unspecified atom stereocenters. The van der Waals surface area contributed by atoms with Crippen molar-refractivity contribution < 1.29 is 22.6 Å². The molecule has 1 aliphatic rings. The van der Waals surface area contributed by atoms with Gasteiger partial charge in [-0.3, -0.25) is 0 Å². The lowest BCUT2D eigenvalue weighted by Crippen LogP contribution is -2.43. The van der Waals surface area contributed by atoms with Crippen LogP contribution in [0.5, 0.6) is 17.2 Å². The van der Waals surface area contributed by atoms with E-state index in [0.29, 0.717) is 21.0 Å². The molecule has 0 aromatic heterocycles. The number of ether oxygens (including phenoxy) is 3. The smallest absolute Gasteiger partial charge is 0.246 e. The van der Waals surface area contributed by atoms with Gasteiger partial charge >= 0.3 is 0 Å². The second-order valence-corrected chi connectivity index (χ2v) is 9.07. The summed E-state index contributed by atoms with van der Waals surface area (Å²) in [6, 6.07) is 10.3. The van der Waals surface area contributed by atoms with Crippen LogP contribution >= 0.6 is 27.5 Å². The minimum Gasteiger partial charge on any atom is -0.494 e. The Kier molecular flexibility index (Phi) is 6.20. The largest absolute Gasteiger partial charge is 0.494 e. The van der Waals surface area contributed by atoms with Gasteiger partial charge in [-0.1, -0.05) is 30.7 Å². The molecule has 0 aliphatic carbocycles. The van der Waals surface area contributed by atoms with Crippen LogP contribution in [0.2, 0.25) is 5.02 Å². The maximum atomic E-state index is 13.2. The molecule has 0 saturated heterocycles. The summed E-state index contributed by atoms with van der Waals surface area (Å²) in [5.41, 5.74) is 0. The van der Waals surface area contributed by atoms with Crippen molar-refractivity contribution in [3.63, 3.8) is 0 Å². The molecule has 0 bridgehead atoms. The van der Waals surface area contributed by atoms with Gasteiger partial charge in [0.1, 0.15) is 17.6 Å². The number of methoxy groups -OCH3 is 1. The average molecular weight is 477 g/mol. The van der Waals surface area contributed by atoms with Crippen molar-refractivity contribution >= 4 is 37.6 Å². The molecule has 146 valence electrons. The molecule has 0 saturated carbocycles. The van der Waals surface area contributed by atoms with Crippen LogP contribution in [0.1, 0.15) is 6.92 Å². The minimum absolute atomic E-state index is 0.00310. The third-order valence-electron chi connectivity index (χ3n) is 4.12. The van der Waals surface area contributed by atoms with Crippen LogP contribution in [0.3, 0.4) is 0 Å². The Bertz CT molecular complexity index is 937. The lowest BCUT2D eigenvalue weighted by Gasteiger charge is -2.30. The van der Waals surface area contributed by atoms with E-state index < -0.39 is 16.1 Å². The van der Waals surface area contributed by atoms with Crippen molar-refractivity contribution in [2.24, 2.45) is 0 Å². The van der Waals surface area contributed by atoms with Crippen molar-refractivity contribution in [3.05, 3.63) is 45.9 Å². The van der Waals surface area contributed by atoms with Crippen LogP contribution in [0.4, 0.5) is 0 Å². The molecule has 2 aromatic carbocycles. The highest BCUT2D eigenvalue weighted by atomic mass is 79.9. The SMILES string of the molecule is CCN(CC1COc2ccccc2O1)S(=O)(=O)c1cc(Cl)cc(Br)c1OC. The van der Waals surface area contributed by atoms with Gasteiger partial charge in [-0.2, -0.15) is 4.31 Å². The van der Waals surface area contributed by atoms with Crippen molar-refractivity contribution in [1.29, 1.82) is 0 Å². The number of halogens is 2. The molecule has 0 fully saturated rings. The van der Waals surface area contributed by atoms with Gasteiger partial charge in [0.15, 0.2) is 17.2 Å². The molecule has 27 heavy (non-hydrogen) atoms. The molecular weight excluding hydrogens is 458 g/mol. The molecule has 9 heteroatoms. The van der Waals surface area contributed by atoms with Gasteiger partial charge in [0.2, 0.25) is 10.0 Å². The minimum atomic E-state index is -3.86. The fourth-order valence-corrected chi connectivity index (χ4v) is 5.69. The molecule has 1 heterocycles. The van der Waals surface area contributed by atoms with E-state index in [1.165, 1.54) is 17.5 Å². The number of hydrogen-bond acceptors (Lipinski definition) is 5. The fraction of sp³-hybridized carbons (Fsp3) is 0.333. The Morgan fingerprint density at radius 2 is 2.00 bits per heavy atom. The third kappa shape index (κ3) is 4.18. The number of nitrogens with zero attached hydrogens (tertiary/aromatic N) is 1. The van der Waals surface area contributed by atoms with E-state index in [-0.39, 0.29) is 30.3 Å². The summed E-state index contributed by atoms with van der Waals surface area (Å²) in [4.78, 5) is 0.00310. The lowest BCUT2D eigenvalue weighted by atomic mass is 10.2. The zero-order valence-corrected chi connectivity index (χ0v) is 18.0. The first-order chi connectivity index (χ1) is 12.9. The van der Waals surface area contributed by atoms with Gasteiger partial charge in [-0.15, -0.1) is 0 Å². The van der Waals surface area contributed by atoms with Crippen LogP contribution in [0.25, 0.3) is 0 Å². The van der Waals surface area contributed by atoms with Crippen LogP contribution in [-0.4, -0.2) is 45.6 Å². The summed E-state index contributed by atoms with van der Waals surface area (Å²) in [6.07, 6.45) is -0.428. The zero-order chi connectivity index (χ0) is 19.6. The van der Waals surface area contributed by atoms with Crippen molar-refractivity contribution in [1.82, 2.24) is 4.31 Å². The average Bonchev–Trinajstić information content (AvgIpc) is 2.65. The van der Waals surface area contributed by atoms with Gasteiger partial charge in [0, 0.05) is 11.6 Å². The van der Waals surface area contributed by atoms with Crippen LogP contribution < -0.4 is 14.2 Å². The fourth-order valence-electron chi connectivity index (χ4n) is 2.84. The van der Waals surface area contributed by atoms with E-state index in [1.807, 2.05) is 18.2 Å². The molecule has 0 amide bonds. The summed E-state index contributed by atoms with van der Waals surface area (Å²) in [5, 5.41) is 0.295. The van der Waals surface area contributed by atoms with Crippen molar-refractivity contribution in [2.75, 3.05) is 26.8 Å². The predicted molar refractivity (Wildman–Crippen MR) is 106 cm³/mol. The predicted octanol–water partition coefficient (Wildman–Crippen LogP) is 3.96. The normalized spacial score (nSPS) is 16.4. The second-order valence-electron chi connectivity index (χ2n) is 5.87. The maximum absolute atomic E-state index is 13.2. The number of rotatable bonds is 6. The van der Waals surface area contributed by atoms with E-state index in [0.717, 1.165) is 0 Å². The number of hydrogen-bond donors (Lipinski definition) is 0. The number of likely N-dealkylation sites (N-methyl/N-ethyl adjacent to an activating group) is 1. The number of benzene rings is 2. The van der Waals surface area contributed by atoms with E-state index in [9.17, 15) is 8.42 Å². The molecule has 0 N–H and O–H groups in total. The van der Waals surface area contributed by atoms with Crippen LogP contribution in [0.15, 0.2) is 45.8 Å². The molecule has 0 spiro atoms. The highest BCUT2D eigenvalue weighted by Crippen LogP contribution is 2.37. The van der Waals surface area contributed by atoms with Gasteiger partial charge in [-0.05, 0) is 40.2 Å². The molecule has 2 aromatic rings. The Hall–Kier alpha value is -1.48. The summed E-state index contributed by atoms with van der Waals surface area (Å²) >= 11 is 9.37. The monoisotopic (exact) mass is 475 g/mol. The summed E-state index contributed by atoms with van der Waals surface area (Å²) in [6.45, 7) is 2.43. The Morgan fingerprint density at radius 3 is 2.67 bits per heavy atom. The highest BCUT2D eigenvalue weighted by molar-refractivity contribution is 9.10. The Labute approximate surface area is 172 Å². The Morgan fingerprint density at radius 1 is 1.30 bits per heavy atom. The summed E-state index contributed by atoms with van der Waals surface area (Å²) in [7, 11) is -2.44. The van der Waals surface area contributed by atoms with E-state index in [2.05, 4.69) is 15.9 Å². The van der Waals surface area contributed by atoms with Gasteiger partial charge in [0.05, 0.1) is 18.1 Å². The second kappa shape index (κ2) is 8.26. The molecule has 1 aliphatic heterocycles. The maximum Gasteiger partial charge on any atom is 0.246 e. The third-order valence-corrected chi connectivity index (χ3v) is 6.88. The molecule has 0 radical (unpaired) electrons. The molecule has 1 atom stereocenters. The van der Waals surface area contributed by atoms with Gasteiger partial charge in [0.25, 0.3) is 0 Å². The lowest BCUT2D eigenvalue weighted by molar-refractivity contribution is 0.0771.